The van der Waals surface area contributed by atoms with Crippen LogP contribution in [0.2, 0.25) is 0 Å². The minimum atomic E-state index is -0.942. The Morgan fingerprint density at radius 1 is 1.41 bits per heavy atom. The van der Waals surface area contributed by atoms with Gasteiger partial charge in [-0.05, 0) is 19.8 Å². The molecule has 0 aliphatic rings. The van der Waals surface area contributed by atoms with Gasteiger partial charge in [0.2, 0.25) is 0 Å². The Labute approximate surface area is 102 Å². The summed E-state index contributed by atoms with van der Waals surface area (Å²) in [5, 5.41) is 13.9. The lowest BCUT2D eigenvalue weighted by Gasteiger charge is -2.24. The van der Waals surface area contributed by atoms with E-state index >= 15 is 0 Å². The third-order valence-electron chi connectivity index (χ3n) is 2.11. The summed E-state index contributed by atoms with van der Waals surface area (Å²) in [7, 11) is 1.60. The van der Waals surface area contributed by atoms with Crippen molar-refractivity contribution < 1.29 is 19.4 Å². The summed E-state index contributed by atoms with van der Waals surface area (Å²) in [6.07, 6.45) is -0.117. The average Bonchev–Trinajstić information content (AvgIpc) is 2.12. The molecule has 0 aromatic rings. The number of amides is 2. The van der Waals surface area contributed by atoms with E-state index in [1.165, 1.54) is 0 Å². The molecule has 6 nitrogen and oxygen atoms in total. The molecule has 0 aromatic carbocycles. The Bertz CT molecular complexity index is 266. The van der Waals surface area contributed by atoms with Gasteiger partial charge in [0.25, 0.3) is 0 Å². The Morgan fingerprint density at radius 2 is 2.00 bits per heavy atom. The summed E-state index contributed by atoms with van der Waals surface area (Å²) >= 11 is 0. The van der Waals surface area contributed by atoms with E-state index in [0.717, 1.165) is 0 Å². The van der Waals surface area contributed by atoms with Crippen LogP contribution in [0.15, 0.2) is 0 Å². The molecule has 0 saturated carbocycles. The molecule has 100 valence electrons. The molecule has 0 radical (unpaired) electrons. The Hall–Kier alpha value is -1.30. The van der Waals surface area contributed by atoms with E-state index in [0.29, 0.717) is 13.2 Å². The second kappa shape index (κ2) is 7.11. The number of carboxylic acid groups (broad SMARTS) is 1. The number of ether oxygens (including phenoxy) is 1. The highest BCUT2D eigenvalue weighted by molar-refractivity contribution is 5.76. The molecule has 0 fully saturated rings. The fourth-order valence-electron chi connectivity index (χ4n) is 1.38. The maximum Gasteiger partial charge on any atom is 0.315 e. The van der Waals surface area contributed by atoms with Crippen LogP contribution in [0, 0.1) is 5.92 Å². The number of nitrogens with one attached hydrogen (secondary N) is 2. The fraction of sp³-hybridized carbons (Fsp3) is 0.818. The molecule has 2 amide bonds. The lowest BCUT2D eigenvalue weighted by atomic mass is 10.0. The number of urea groups is 1. The minimum absolute atomic E-state index is 0.117. The van der Waals surface area contributed by atoms with Crippen molar-refractivity contribution in [2.24, 2.45) is 5.92 Å². The summed E-state index contributed by atoms with van der Waals surface area (Å²) in [6, 6.07) is -0.362. The van der Waals surface area contributed by atoms with E-state index in [-0.39, 0.29) is 18.4 Å². The highest BCUT2D eigenvalue weighted by Gasteiger charge is 2.23. The highest BCUT2D eigenvalue weighted by atomic mass is 16.5. The Morgan fingerprint density at radius 3 is 2.47 bits per heavy atom. The van der Waals surface area contributed by atoms with Crippen LogP contribution < -0.4 is 10.6 Å². The van der Waals surface area contributed by atoms with E-state index in [1.807, 2.05) is 6.92 Å². The van der Waals surface area contributed by atoms with Crippen LogP contribution in [0.25, 0.3) is 0 Å². The van der Waals surface area contributed by atoms with Crippen molar-refractivity contribution in [3.05, 3.63) is 0 Å². The first kappa shape index (κ1) is 15.7. The van der Waals surface area contributed by atoms with Gasteiger partial charge in [0.15, 0.2) is 0 Å². The van der Waals surface area contributed by atoms with Gasteiger partial charge in [-0.15, -0.1) is 0 Å². The zero-order valence-corrected chi connectivity index (χ0v) is 10.9. The summed E-state index contributed by atoms with van der Waals surface area (Å²) in [5.41, 5.74) is -0.763. The third-order valence-corrected chi connectivity index (χ3v) is 2.11. The Kier molecular flexibility index (Phi) is 6.57. The molecule has 0 saturated heterocycles. The molecule has 17 heavy (non-hydrogen) atoms. The van der Waals surface area contributed by atoms with Crippen LogP contribution in [-0.4, -0.2) is 42.9 Å². The maximum absolute atomic E-state index is 11.5. The largest absolute Gasteiger partial charge is 0.481 e. The number of methoxy groups -OCH3 is 1. The first-order valence-corrected chi connectivity index (χ1v) is 5.53. The van der Waals surface area contributed by atoms with Gasteiger partial charge in [0.05, 0.1) is 13.0 Å². The van der Waals surface area contributed by atoms with Gasteiger partial charge in [-0.1, -0.05) is 6.92 Å². The standard InChI is InChI=1S/C11H22N2O4/c1-8(7-17-4)6-12-10(16)13-11(2,3)5-9(14)15/h8H,5-7H2,1-4H3,(H,14,15)(H2,12,13,16). The first-order chi connectivity index (χ1) is 7.76. The van der Waals surface area contributed by atoms with Gasteiger partial charge in [0, 0.05) is 19.2 Å². The molecule has 1 unspecified atom stereocenters. The van der Waals surface area contributed by atoms with Crippen LogP contribution in [0.1, 0.15) is 27.2 Å². The molecule has 0 rings (SSSR count). The van der Waals surface area contributed by atoms with Gasteiger partial charge in [-0.25, -0.2) is 4.79 Å². The van der Waals surface area contributed by atoms with Crippen LogP contribution in [-0.2, 0) is 9.53 Å². The smallest absolute Gasteiger partial charge is 0.315 e. The first-order valence-electron chi connectivity index (χ1n) is 5.53. The maximum atomic E-state index is 11.5. The van der Waals surface area contributed by atoms with E-state index < -0.39 is 11.5 Å². The van der Waals surface area contributed by atoms with E-state index in [2.05, 4.69) is 10.6 Å². The normalized spacial score (nSPS) is 12.9. The molecule has 0 bridgehead atoms. The molecule has 0 aliphatic carbocycles. The molecule has 0 aromatic heterocycles. The number of aliphatic carboxylic acids is 1. The van der Waals surface area contributed by atoms with Crippen molar-refractivity contribution in [2.45, 2.75) is 32.7 Å². The number of carbonyl (C=O) groups excluding carboxylic acids is 1. The molecule has 0 aliphatic heterocycles. The van der Waals surface area contributed by atoms with Crippen LogP contribution in [0.4, 0.5) is 4.79 Å². The van der Waals surface area contributed by atoms with Crippen molar-refractivity contribution in [3.63, 3.8) is 0 Å². The molecular formula is C11H22N2O4. The van der Waals surface area contributed by atoms with Crippen LogP contribution in [0.3, 0.4) is 0 Å². The monoisotopic (exact) mass is 246 g/mol. The van der Waals surface area contributed by atoms with Gasteiger partial charge in [-0.2, -0.15) is 0 Å². The second-order valence-electron chi connectivity index (χ2n) is 4.85. The number of carboxylic acids is 1. The lowest BCUT2D eigenvalue weighted by Crippen LogP contribution is -2.50. The molecule has 0 heterocycles. The zero-order valence-electron chi connectivity index (χ0n) is 10.9. The molecule has 1 atom stereocenters. The van der Waals surface area contributed by atoms with Crippen molar-refractivity contribution in [1.82, 2.24) is 10.6 Å². The summed E-state index contributed by atoms with van der Waals surface area (Å²) < 4.78 is 4.94. The molecule has 0 spiro atoms. The van der Waals surface area contributed by atoms with Crippen LogP contribution >= 0.6 is 0 Å². The summed E-state index contributed by atoms with van der Waals surface area (Å²) in [5.74, 6) is -0.726. The van der Waals surface area contributed by atoms with Crippen molar-refractivity contribution in [1.29, 1.82) is 0 Å². The van der Waals surface area contributed by atoms with Crippen molar-refractivity contribution >= 4 is 12.0 Å². The number of rotatable bonds is 7. The number of hydrogen-bond acceptors (Lipinski definition) is 3. The van der Waals surface area contributed by atoms with Crippen LogP contribution in [0.5, 0.6) is 0 Å². The predicted octanol–water partition coefficient (Wildman–Crippen LogP) is 0.821. The van der Waals surface area contributed by atoms with Gasteiger partial charge in [0.1, 0.15) is 0 Å². The summed E-state index contributed by atoms with van der Waals surface area (Å²) in [4.78, 5) is 22.1. The molecular weight excluding hydrogens is 224 g/mol. The topological polar surface area (TPSA) is 87.7 Å². The second-order valence-corrected chi connectivity index (χ2v) is 4.85. The number of carbonyl (C=O) groups is 2. The van der Waals surface area contributed by atoms with Crippen molar-refractivity contribution in [3.8, 4) is 0 Å². The minimum Gasteiger partial charge on any atom is -0.481 e. The Balaban J connectivity index is 3.96. The number of hydrogen-bond donors (Lipinski definition) is 3. The average molecular weight is 246 g/mol. The predicted molar refractivity (Wildman–Crippen MR) is 63.9 cm³/mol. The third kappa shape index (κ3) is 8.50. The molecule has 3 N–H and O–H groups in total. The highest BCUT2D eigenvalue weighted by Crippen LogP contribution is 2.07. The summed E-state index contributed by atoms with van der Waals surface area (Å²) in [6.45, 7) is 6.34. The van der Waals surface area contributed by atoms with E-state index in [9.17, 15) is 9.59 Å². The van der Waals surface area contributed by atoms with Crippen molar-refractivity contribution in [2.75, 3.05) is 20.3 Å². The van der Waals surface area contributed by atoms with E-state index in [1.54, 1.807) is 21.0 Å². The van der Waals surface area contributed by atoms with E-state index in [4.69, 9.17) is 9.84 Å². The lowest BCUT2D eigenvalue weighted by molar-refractivity contribution is -0.138. The molecule has 6 heteroatoms. The SMILES string of the molecule is COCC(C)CNC(=O)NC(C)(C)CC(=O)O. The fourth-order valence-corrected chi connectivity index (χ4v) is 1.38. The van der Waals surface area contributed by atoms with Gasteiger partial charge >= 0.3 is 12.0 Å². The quantitative estimate of drug-likeness (QED) is 0.620. The van der Waals surface area contributed by atoms with Gasteiger partial charge in [-0.3, -0.25) is 4.79 Å². The van der Waals surface area contributed by atoms with Gasteiger partial charge < -0.3 is 20.5 Å². The zero-order chi connectivity index (χ0) is 13.5.